The van der Waals surface area contributed by atoms with E-state index >= 15 is 0 Å². The average Bonchev–Trinajstić information content (AvgIpc) is 3.32. The fourth-order valence-electron chi connectivity index (χ4n) is 7.08. The van der Waals surface area contributed by atoms with Crippen LogP contribution in [0.25, 0.3) is 11.1 Å². The van der Waals surface area contributed by atoms with Gasteiger partial charge in [0.1, 0.15) is 6.17 Å². The lowest BCUT2D eigenvalue weighted by molar-refractivity contribution is 0.171. The topological polar surface area (TPSA) is 19.4 Å². The van der Waals surface area contributed by atoms with Crippen molar-refractivity contribution in [2.24, 2.45) is 5.41 Å². The van der Waals surface area contributed by atoms with Gasteiger partial charge in [-0.15, -0.1) is 6.58 Å². The second kappa shape index (κ2) is 9.37. The summed E-state index contributed by atoms with van der Waals surface area (Å²) in [4.78, 5) is 10.00. The lowest BCUT2D eigenvalue weighted by Gasteiger charge is -2.56. The first kappa shape index (κ1) is 26.4. The van der Waals surface area contributed by atoms with E-state index in [1.807, 2.05) is 6.20 Å². The van der Waals surface area contributed by atoms with Crippen molar-refractivity contribution in [1.82, 2.24) is 4.98 Å². The van der Waals surface area contributed by atoms with E-state index in [0.29, 0.717) is 11.8 Å². The number of hydrogen-bond donors (Lipinski definition) is 0. The predicted molar refractivity (Wildman–Crippen MR) is 170 cm³/mol. The molecule has 0 saturated carbocycles. The number of nitrogens with zero attached hydrogens (tertiary/aromatic N) is 3. The predicted octanol–water partition coefficient (Wildman–Crippen LogP) is 10.1. The van der Waals surface area contributed by atoms with Gasteiger partial charge < -0.3 is 9.80 Å². The van der Waals surface area contributed by atoms with Crippen molar-refractivity contribution < 1.29 is 0 Å². The quantitative estimate of drug-likeness (QED) is 0.241. The molecule has 2 atom stereocenters. The molecule has 6 rings (SSSR count). The van der Waals surface area contributed by atoms with Crippen LogP contribution in [0, 0.1) is 5.41 Å². The first-order chi connectivity index (χ1) is 19.1. The first-order valence-electron chi connectivity index (χ1n) is 14.6. The number of anilines is 4. The lowest BCUT2D eigenvalue weighted by atomic mass is 9.58. The molecule has 0 N–H and O–H groups in total. The fraction of sp³-hybridized carbons (Fsp3) is 0.324. The fourth-order valence-corrected chi connectivity index (χ4v) is 7.08. The van der Waals surface area contributed by atoms with Gasteiger partial charge in [-0.3, -0.25) is 0 Å². The molecule has 0 spiro atoms. The van der Waals surface area contributed by atoms with Crippen molar-refractivity contribution in [2.75, 3.05) is 9.80 Å². The number of allylic oxidation sites excluding steroid dienone is 1. The van der Waals surface area contributed by atoms with Crippen molar-refractivity contribution in [3.05, 3.63) is 114 Å². The SMILES string of the molecule is C=CC1(C)c2ccc(-c3c(C(C)C)cccc3C(C)C)cc2N2c3ncccc3N(c3ccccc3)C2C1(C)C. The van der Waals surface area contributed by atoms with Crippen LogP contribution in [0.3, 0.4) is 0 Å². The van der Waals surface area contributed by atoms with Gasteiger partial charge in [-0.25, -0.2) is 4.98 Å². The Labute approximate surface area is 240 Å². The summed E-state index contributed by atoms with van der Waals surface area (Å²) in [6.07, 6.45) is 4.12. The Morgan fingerprint density at radius 1 is 0.775 bits per heavy atom. The van der Waals surface area contributed by atoms with Crippen LogP contribution >= 0.6 is 0 Å². The van der Waals surface area contributed by atoms with Crippen molar-refractivity contribution in [2.45, 2.75) is 71.9 Å². The maximum Gasteiger partial charge on any atom is 0.158 e. The van der Waals surface area contributed by atoms with Crippen molar-refractivity contribution in [1.29, 1.82) is 0 Å². The van der Waals surface area contributed by atoms with Gasteiger partial charge in [-0.05, 0) is 70.0 Å². The van der Waals surface area contributed by atoms with Crippen molar-refractivity contribution in [3.8, 4) is 11.1 Å². The minimum Gasteiger partial charge on any atom is -0.316 e. The van der Waals surface area contributed by atoms with Gasteiger partial charge in [-0.2, -0.15) is 0 Å². The van der Waals surface area contributed by atoms with Crippen molar-refractivity contribution in [3.63, 3.8) is 0 Å². The molecule has 0 radical (unpaired) electrons. The smallest absolute Gasteiger partial charge is 0.158 e. The van der Waals surface area contributed by atoms with Crippen LogP contribution in [0.5, 0.6) is 0 Å². The van der Waals surface area contributed by atoms with Gasteiger partial charge in [0.15, 0.2) is 5.82 Å². The minimum atomic E-state index is -0.268. The Morgan fingerprint density at radius 2 is 1.45 bits per heavy atom. The van der Waals surface area contributed by atoms with Crippen molar-refractivity contribution >= 4 is 22.9 Å². The zero-order valence-electron chi connectivity index (χ0n) is 24.9. The van der Waals surface area contributed by atoms with E-state index in [4.69, 9.17) is 4.98 Å². The minimum absolute atomic E-state index is 0.0236. The molecule has 3 nitrogen and oxygen atoms in total. The standard InChI is InChI=1S/C37H41N3/c1-9-37(8)30-21-20-26(33-28(24(2)3)17-13-18-29(33)25(4)5)23-32(30)40-34-31(19-14-22-38-34)39(35(40)36(37,6)7)27-15-11-10-12-16-27/h9-25,35H,1H2,2-8H3. The third kappa shape index (κ3) is 3.60. The second-order valence-electron chi connectivity index (χ2n) is 12.8. The van der Waals surface area contributed by atoms with E-state index in [9.17, 15) is 0 Å². The molecular weight excluding hydrogens is 486 g/mol. The number of aromatic nitrogens is 1. The molecule has 2 unspecified atom stereocenters. The highest BCUT2D eigenvalue weighted by Gasteiger charge is 2.59. The molecule has 0 amide bonds. The van der Waals surface area contributed by atoms with E-state index in [0.717, 1.165) is 11.5 Å². The second-order valence-corrected chi connectivity index (χ2v) is 12.8. The number of hydrogen-bond acceptors (Lipinski definition) is 3. The maximum atomic E-state index is 5.01. The largest absolute Gasteiger partial charge is 0.316 e. The van der Waals surface area contributed by atoms with Crippen LogP contribution in [0.2, 0.25) is 0 Å². The summed E-state index contributed by atoms with van der Waals surface area (Å²) in [6, 6.07) is 29.0. The zero-order chi connectivity index (χ0) is 28.4. The molecule has 0 aliphatic carbocycles. The Kier molecular flexibility index (Phi) is 6.18. The molecule has 3 aromatic carbocycles. The highest BCUT2D eigenvalue weighted by Crippen LogP contribution is 2.62. The number of para-hydroxylation sites is 1. The van der Waals surface area contributed by atoms with E-state index in [2.05, 4.69) is 150 Å². The van der Waals surface area contributed by atoms with Crippen LogP contribution in [0.15, 0.2) is 97.7 Å². The Morgan fingerprint density at radius 3 is 2.08 bits per heavy atom. The maximum absolute atomic E-state index is 5.01. The van der Waals surface area contributed by atoms with Gasteiger partial charge in [0.25, 0.3) is 0 Å². The summed E-state index contributed by atoms with van der Waals surface area (Å²) in [6.45, 7) is 20.7. The highest BCUT2D eigenvalue weighted by molar-refractivity contribution is 5.90. The third-order valence-electron chi connectivity index (χ3n) is 9.65. The first-order valence-corrected chi connectivity index (χ1v) is 14.6. The molecule has 2 aliphatic heterocycles. The van der Waals surface area contributed by atoms with Crippen LogP contribution in [0.1, 0.15) is 77.0 Å². The Balaban J connectivity index is 1.67. The monoisotopic (exact) mass is 527 g/mol. The van der Waals surface area contributed by atoms with Gasteiger partial charge in [0.05, 0.1) is 5.69 Å². The summed E-state index contributed by atoms with van der Waals surface area (Å²) in [5, 5.41) is 0. The molecule has 0 bridgehead atoms. The van der Waals surface area contributed by atoms with Gasteiger partial charge in [0, 0.05) is 28.4 Å². The molecule has 3 heteroatoms. The van der Waals surface area contributed by atoms with E-state index in [1.54, 1.807) is 0 Å². The molecule has 0 fully saturated rings. The normalized spacial score (nSPS) is 20.9. The summed E-state index contributed by atoms with van der Waals surface area (Å²) in [7, 11) is 0. The molecule has 1 aromatic heterocycles. The number of benzene rings is 3. The number of rotatable bonds is 5. The van der Waals surface area contributed by atoms with E-state index < -0.39 is 0 Å². The Bertz CT molecular complexity index is 1560. The van der Waals surface area contributed by atoms with E-state index in [1.165, 1.54) is 39.2 Å². The summed E-state index contributed by atoms with van der Waals surface area (Å²) in [5.74, 6) is 1.87. The molecule has 0 saturated heterocycles. The zero-order valence-corrected chi connectivity index (χ0v) is 24.9. The molecule has 40 heavy (non-hydrogen) atoms. The third-order valence-corrected chi connectivity index (χ3v) is 9.65. The van der Waals surface area contributed by atoms with Crippen LogP contribution in [-0.4, -0.2) is 11.1 Å². The van der Waals surface area contributed by atoms with Crippen LogP contribution < -0.4 is 9.80 Å². The van der Waals surface area contributed by atoms with Gasteiger partial charge in [-0.1, -0.05) is 103 Å². The molecule has 4 aromatic rings. The highest BCUT2D eigenvalue weighted by atomic mass is 15.5. The van der Waals surface area contributed by atoms with Gasteiger partial charge >= 0.3 is 0 Å². The number of pyridine rings is 1. The van der Waals surface area contributed by atoms with Gasteiger partial charge in [0.2, 0.25) is 0 Å². The average molecular weight is 528 g/mol. The van der Waals surface area contributed by atoms with Crippen LogP contribution in [0.4, 0.5) is 22.9 Å². The molecule has 3 heterocycles. The summed E-state index contributed by atoms with van der Waals surface area (Å²) < 4.78 is 0. The lowest BCUT2D eigenvalue weighted by Crippen LogP contribution is -2.60. The molecule has 204 valence electrons. The summed E-state index contributed by atoms with van der Waals surface area (Å²) >= 11 is 0. The number of fused-ring (bicyclic) bond motifs is 5. The summed E-state index contributed by atoms with van der Waals surface area (Å²) in [5.41, 5.74) is 9.81. The van der Waals surface area contributed by atoms with Crippen LogP contribution in [-0.2, 0) is 5.41 Å². The molecule has 2 aliphatic rings. The Hall–Kier alpha value is -3.85. The van der Waals surface area contributed by atoms with E-state index in [-0.39, 0.29) is 17.0 Å². The molecular formula is C37H41N3.